The lowest BCUT2D eigenvalue weighted by atomic mass is 10.4. The molecule has 124 valence electrons. The predicted molar refractivity (Wildman–Crippen MR) is 87.6 cm³/mol. The molecular formula is C14H18Cl2O6. The number of carbonyl (C=O) groups is 3. The van der Waals surface area contributed by atoms with Crippen LogP contribution in [0, 0.1) is 0 Å². The molecule has 22 heavy (non-hydrogen) atoms. The number of carboxylic acids is 2. The second kappa shape index (κ2) is 27.1. The van der Waals surface area contributed by atoms with Crippen molar-refractivity contribution in [3.05, 3.63) is 61.9 Å². The Hall–Kier alpha value is -2.31. The lowest BCUT2D eigenvalue weighted by Crippen LogP contribution is -1.96. The third-order valence-electron chi connectivity index (χ3n) is 0.934. The fraction of sp³-hybridized carbons (Fsp3) is 0.0714. The highest BCUT2D eigenvalue weighted by Gasteiger charge is 1.95. The molecule has 0 spiro atoms. The third-order valence-corrected chi connectivity index (χ3v) is 0.934. The predicted octanol–water partition coefficient (Wildman–Crippen LogP) is 3.70. The Balaban J connectivity index is -0.000000122. The normalized spacial score (nSPS) is 7.36. The Labute approximate surface area is 139 Å². The largest absolute Gasteiger partial charge is 0.478 e. The maximum absolute atomic E-state index is 10.5. The molecule has 2 N–H and O–H groups in total. The number of hydrogen-bond acceptors (Lipinski definition) is 4. The Morgan fingerprint density at radius 2 is 1.32 bits per heavy atom. The van der Waals surface area contributed by atoms with E-state index < -0.39 is 17.9 Å². The van der Waals surface area contributed by atoms with Crippen LogP contribution in [0.5, 0.6) is 0 Å². The maximum Gasteiger partial charge on any atom is 0.327 e. The molecule has 6 nitrogen and oxygen atoms in total. The van der Waals surface area contributed by atoms with Gasteiger partial charge in [0.25, 0.3) is 0 Å². The zero-order valence-corrected chi connectivity index (χ0v) is 13.3. The molecular weight excluding hydrogens is 335 g/mol. The summed E-state index contributed by atoms with van der Waals surface area (Å²) in [5.41, 5.74) is 2.44. The van der Waals surface area contributed by atoms with E-state index in [9.17, 15) is 14.4 Å². The van der Waals surface area contributed by atoms with Gasteiger partial charge in [-0.1, -0.05) is 55.6 Å². The summed E-state index contributed by atoms with van der Waals surface area (Å²) in [6.45, 7) is 12.4. The number of carbonyl (C=O) groups excluding carboxylic acids is 1. The highest BCUT2D eigenvalue weighted by Crippen LogP contribution is 1.88. The van der Waals surface area contributed by atoms with Crippen molar-refractivity contribution in [2.45, 2.75) is 6.42 Å². The van der Waals surface area contributed by atoms with E-state index in [0.29, 0.717) is 0 Å². The molecule has 0 aromatic heterocycles. The first-order valence-electron chi connectivity index (χ1n) is 5.24. The molecule has 0 aromatic carbocycles. The first kappa shape index (κ1) is 27.9. The van der Waals surface area contributed by atoms with Gasteiger partial charge in [0, 0.05) is 12.2 Å². The molecule has 0 unspecified atom stereocenters. The molecule has 0 amide bonds. The summed E-state index contributed by atoms with van der Waals surface area (Å²) in [4.78, 5) is 29.6. The Morgan fingerprint density at radius 1 is 0.955 bits per heavy atom. The monoisotopic (exact) mass is 352 g/mol. The lowest BCUT2D eigenvalue weighted by molar-refractivity contribution is -0.137. The molecule has 0 aliphatic carbocycles. The van der Waals surface area contributed by atoms with E-state index in [-0.39, 0.29) is 6.42 Å². The second-order valence-corrected chi connectivity index (χ2v) is 3.07. The van der Waals surface area contributed by atoms with E-state index in [1.807, 2.05) is 0 Å². The standard InChI is InChI=1S/C7H8O4.C3H4O2.2C2H3Cl/c1-2-11-7(10)5-3-4-6(8)9;1-2-3(4)5;2*1-2-3/h2-4H,1,5H2,(H,8,9);2H,1H2,(H,4,5);2*2H,1H2. The molecule has 8 heteroatoms. The van der Waals surface area contributed by atoms with Gasteiger partial charge in [0.2, 0.25) is 0 Å². The second-order valence-electron chi connectivity index (χ2n) is 2.45. The van der Waals surface area contributed by atoms with E-state index >= 15 is 0 Å². The van der Waals surface area contributed by atoms with E-state index in [1.54, 1.807) is 0 Å². The Bertz CT molecular complexity index is 383. The van der Waals surface area contributed by atoms with Gasteiger partial charge >= 0.3 is 17.9 Å². The summed E-state index contributed by atoms with van der Waals surface area (Å²) in [7, 11) is 0. The average Bonchev–Trinajstić information content (AvgIpc) is 2.41. The number of ether oxygens (including phenoxy) is 1. The van der Waals surface area contributed by atoms with Crippen LogP contribution in [0.1, 0.15) is 6.42 Å². The number of rotatable bonds is 5. The molecule has 0 aliphatic heterocycles. The average molecular weight is 353 g/mol. The molecule has 0 fully saturated rings. The van der Waals surface area contributed by atoms with Gasteiger partial charge in [-0.3, -0.25) is 4.79 Å². The number of halogens is 2. The van der Waals surface area contributed by atoms with Crippen molar-refractivity contribution in [3.63, 3.8) is 0 Å². The summed E-state index contributed by atoms with van der Waals surface area (Å²) in [5, 5.41) is 15.7. The van der Waals surface area contributed by atoms with Crippen LogP contribution in [-0.2, 0) is 19.1 Å². The fourth-order valence-corrected chi connectivity index (χ4v) is 0.397. The van der Waals surface area contributed by atoms with Gasteiger partial charge in [0.1, 0.15) is 0 Å². The van der Waals surface area contributed by atoms with Crippen LogP contribution in [0.15, 0.2) is 61.9 Å². The first-order chi connectivity index (χ1) is 10.3. The fourth-order valence-electron chi connectivity index (χ4n) is 0.397. The molecule has 0 heterocycles. The summed E-state index contributed by atoms with van der Waals surface area (Å²) in [6.07, 6.45) is 3.85. The van der Waals surface area contributed by atoms with Crippen LogP contribution in [0.25, 0.3) is 0 Å². The minimum atomic E-state index is -1.09. The number of hydrogen-bond donors (Lipinski definition) is 2. The van der Waals surface area contributed by atoms with Crippen molar-refractivity contribution in [2.24, 2.45) is 0 Å². The topological polar surface area (TPSA) is 101 Å². The maximum atomic E-state index is 10.5. The quantitative estimate of drug-likeness (QED) is 0.444. The van der Waals surface area contributed by atoms with Gasteiger partial charge in [0.05, 0.1) is 12.7 Å². The van der Waals surface area contributed by atoms with Crippen LogP contribution in [0.3, 0.4) is 0 Å². The molecule has 0 radical (unpaired) electrons. The first-order valence-corrected chi connectivity index (χ1v) is 6.11. The van der Waals surface area contributed by atoms with Crippen LogP contribution < -0.4 is 0 Å². The van der Waals surface area contributed by atoms with Crippen molar-refractivity contribution in [1.82, 2.24) is 0 Å². The summed E-state index contributed by atoms with van der Waals surface area (Å²) in [6, 6.07) is 0. The van der Waals surface area contributed by atoms with E-state index in [1.165, 1.54) is 17.1 Å². The van der Waals surface area contributed by atoms with E-state index in [0.717, 1.165) is 18.4 Å². The summed E-state index contributed by atoms with van der Waals surface area (Å²) < 4.78 is 4.30. The Kier molecular flexibility index (Phi) is 34.4. The van der Waals surface area contributed by atoms with Crippen LogP contribution in [0.2, 0.25) is 0 Å². The lowest BCUT2D eigenvalue weighted by Gasteiger charge is -1.91. The van der Waals surface area contributed by atoms with Gasteiger partial charge in [-0.2, -0.15) is 0 Å². The molecule has 0 aromatic rings. The van der Waals surface area contributed by atoms with Crippen LogP contribution >= 0.6 is 23.2 Å². The minimum absolute atomic E-state index is 0.0572. The zero-order chi connectivity index (χ0) is 18.4. The van der Waals surface area contributed by atoms with E-state index in [2.05, 4.69) is 31.1 Å². The highest BCUT2D eigenvalue weighted by molar-refractivity contribution is 6.25. The SMILES string of the molecule is C=CC(=O)O.C=CCl.C=CCl.C=COC(=O)CC=CC(=O)O. The number of carboxylic acid groups (broad SMARTS) is 2. The van der Waals surface area contributed by atoms with Gasteiger partial charge in [-0.05, 0) is 11.1 Å². The molecule has 0 saturated carbocycles. The van der Waals surface area contributed by atoms with Crippen molar-refractivity contribution < 1.29 is 29.3 Å². The Morgan fingerprint density at radius 3 is 1.55 bits per heavy atom. The molecule has 0 saturated heterocycles. The molecule has 0 rings (SSSR count). The van der Waals surface area contributed by atoms with Crippen molar-refractivity contribution in [3.8, 4) is 0 Å². The highest BCUT2D eigenvalue weighted by atomic mass is 35.5. The molecule has 0 atom stereocenters. The smallest absolute Gasteiger partial charge is 0.327 e. The van der Waals surface area contributed by atoms with E-state index in [4.69, 9.17) is 33.4 Å². The number of esters is 1. The van der Waals surface area contributed by atoms with Gasteiger partial charge < -0.3 is 14.9 Å². The van der Waals surface area contributed by atoms with Crippen LogP contribution in [0.4, 0.5) is 0 Å². The third kappa shape index (κ3) is 65.3. The summed E-state index contributed by atoms with van der Waals surface area (Å²) >= 11 is 9.52. The van der Waals surface area contributed by atoms with Gasteiger partial charge in [0.15, 0.2) is 0 Å². The van der Waals surface area contributed by atoms with Crippen molar-refractivity contribution in [2.75, 3.05) is 0 Å². The number of aliphatic carboxylic acids is 2. The van der Waals surface area contributed by atoms with Crippen molar-refractivity contribution >= 4 is 41.1 Å². The molecule has 0 bridgehead atoms. The van der Waals surface area contributed by atoms with Crippen molar-refractivity contribution in [1.29, 1.82) is 0 Å². The summed E-state index contributed by atoms with van der Waals surface area (Å²) in [5.74, 6) is -2.60. The van der Waals surface area contributed by atoms with Gasteiger partial charge in [-0.15, -0.1) is 0 Å². The minimum Gasteiger partial charge on any atom is -0.478 e. The van der Waals surface area contributed by atoms with Crippen LogP contribution in [-0.4, -0.2) is 28.1 Å². The van der Waals surface area contributed by atoms with Gasteiger partial charge in [-0.25, -0.2) is 9.59 Å². The zero-order valence-electron chi connectivity index (χ0n) is 11.8. The molecule has 0 aliphatic rings.